The van der Waals surface area contributed by atoms with Crippen molar-refractivity contribution < 1.29 is 23.6 Å². The summed E-state index contributed by atoms with van der Waals surface area (Å²) in [5, 5.41) is 6.86. The zero-order valence-corrected chi connectivity index (χ0v) is 17.9. The first kappa shape index (κ1) is 21.7. The highest BCUT2D eigenvalue weighted by Gasteiger charge is 2.28. The molecule has 30 heavy (non-hydrogen) atoms. The van der Waals surface area contributed by atoms with Gasteiger partial charge in [0, 0.05) is 5.56 Å². The molecule has 1 N–H and O–H groups in total. The van der Waals surface area contributed by atoms with Crippen LogP contribution in [0.5, 0.6) is 5.75 Å². The Hall–Kier alpha value is -3.03. The first-order chi connectivity index (χ1) is 14.3. The lowest BCUT2D eigenvalue weighted by Crippen LogP contribution is -2.21. The number of anilines is 1. The topological polar surface area (TPSA) is 90.7 Å². The van der Waals surface area contributed by atoms with E-state index in [9.17, 15) is 9.59 Å². The number of hydrogen-bond donors (Lipinski definition) is 1. The molecule has 0 aliphatic carbocycles. The molecular weight excluding hydrogens is 431 g/mol. The van der Waals surface area contributed by atoms with E-state index < -0.39 is 11.9 Å². The fraction of sp³-hybridized carbons (Fsp3) is 0.190. The van der Waals surface area contributed by atoms with Crippen LogP contribution in [0.4, 0.5) is 5.88 Å². The number of esters is 1. The van der Waals surface area contributed by atoms with Crippen molar-refractivity contribution in [3.8, 4) is 17.0 Å². The van der Waals surface area contributed by atoms with Crippen molar-refractivity contribution in [1.29, 1.82) is 0 Å². The first-order valence-corrected chi connectivity index (χ1v) is 9.59. The van der Waals surface area contributed by atoms with Gasteiger partial charge in [-0.2, -0.15) is 0 Å². The summed E-state index contributed by atoms with van der Waals surface area (Å²) in [7, 11) is 1.20. The molecule has 7 nitrogen and oxygen atoms in total. The standard InChI is InChI=1S/C21H18Cl2N2O5/c1-11-7-8-13(9-12(11)2)29-10-16(26)24-20-18(21(27)28-3)19(25-30-20)17-14(22)5-4-6-15(17)23/h4-9H,10H2,1-3H3,(H,24,26). The van der Waals surface area contributed by atoms with Crippen molar-refractivity contribution in [2.75, 3.05) is 19.0 Å². The largest absolute Gasteiger partial charge is 0.484 e. The average Bonchev–Trinajstić information content (AvgIpc) is 3.11. The molecule has 0 radical (unpaired) electrons. The summed E-state index contributed by atoms with van der Waals surface area (Å²) in [5.41, 5.74) is 2.39. The van der Waals surface area contributed by atoms with E-state index in [2.05, 4.69) is 10.5 Å². The van der Waals surface area contributed by atoms with Crippen LogP contribution < -0.4 is 10.1 Å². The Morgan fingerprint density at radius 1 is 1.10 bits per heavy atom. The molecule has 0 atom stereocenters. The minimum absolute atomic E-state index is 0.0582. The van der Waals surface area contributed by atoms with Crippen LogP contribution >= 0.6 is 23.2 Å². The third-order valence-electron chi connectivity index (χ3n) is 4.38. The molecule has 0 saturated heterocycles. The second-order valence-corrected chi connectivity index (χ2v) is 7.22. The van der Waals surface area contributed by atoms with E-state index in [-0.39, 0.29) is 39.4 Å². The number of aryl methyl sites for hydroxylation is 2. The van der Waals surface area contributed by atoms with Gasteiger partial charge in [0.15, 0.2) is 12.2 Å². The van der Waals surface area contributed by atoms with Crippen LogP contribution in [0.1, 0.15) is 21.5 Å². The Bertz CT molecular complexity index is 1090. The van der Waals surface area contributed by atoms with Gasteiger partial charge >= 0.3 is 5.97 Å². The molecule has 156 valence electrons. The second-order valence-electron chi connectivity index (χ2n) is 6.41. The van der Waals surface area contributed by atoms with Crippen LogP contribution in [-0.2, 0) is 9.53 Å². The van der Waals surface area contributed by atoms with Crippen molar-refractivity contribution in [2.45, 2.75) is 13.8 Å². The minimum Gasteiger partial charge on any atom is -0.484 e. The van der Waals surface area contributed by atoms with E-state index in [0.717, 1.165) is 11.1 Å². The highest BCUT2D eigenvalue weighted by atomic mass is 35.5. The summed E-state index contributed by atoms with van der Waals surface area (Å²) in [4.78, 5) is 24.7. The molecule has 2 aromatic carbocycles. The lowest BCUT2D eigenvalue weighted by atomic mass is 10.1. The van der Waals surface area contributed by atoms with E-state index in [4.69, 9.17) is 37.2 Å². The summed E-state index contributed by atoms with van der Waals surface area (Å²) in [6.07, 6.45) is 0. The van der Waals surface area contributed by atoms with Crippen LogP contribution in [0.15, 0.2) is 40.9 Å². The smallest absolute Gasteiger partial charge is 0.345 e. The monoisotopic (exact) mass is 448 g/mol. The minimum atomic E-state index is -0.771. The summed E-state index contributed by atoms with van der Waals surface area (Å²) in [5.74, 6) is -0.969. The molecule has 3 aromatic rings. The number of rotatable bonds is 6. The van der Waals surface area contributed by atoms with Gasteiger partial charge in [0.05, 0.1) is 17.2 Å². The van der Waals surface area contributed by atoms with Gasteiger partial charge in [0.1, 0.15) is 11.4 Å². The Kier molecular flexibility index (Phi) is 6.64. The fourth-order valence-electron chi connectivity index (χ4n) is 2.68. The van der Waals surface area contributed by atoms with Crippen molar-refractivity contribution in [3.05, 3.63) is 63.1 Å². The molecule has 0 unspecified atom stereocenters. The zero-order valence-electron chi connectivity index (χ0n) is 16.4. The van der Waals surface area contributed by atoms with Gasteiger partial charge in [-0.15, -0.1) is 0 Å². The van der Waals surface area contributed by atoms with Gasteiger partial charge in [0.2, 0.25) is 5.88 Å². The number of carbonyl (C=O) groups excluding carboxylic acids is 2. The van der Waals surface area contributed by atoms with Gasteiger partial charge < -0.3 is 14.0 Å². The molecule has 0 fully saturated rings. The second kappa shape index (κ2) is 9.19. The molecule has 9 heteroatoms. The molecule has 0 aliphatic heterocycles. The summed E-state index contributed by atoms with van der Waals surface area (Å²) in [6.45, 7) is 3.62. The molecule has 0 bridgehead atoms. The molecule has 0 aliphatic rings. The maximum absolute atomic E-state index is 12.4. The third-order valence-corrected chi connectivity index (χ3v) is 5.01. The quantitative estimate of drug-likeness (QED) is 0.529. The molecule has 0 spiro atoms. The highest BCUT2D eigenvalue weighted by Crippen LogP contribution is 2.38. The van der Waals surface area contributed by atoms with E-state index in [1.807, 2.05) is 26.0 Å². The Labute approximate surface area is 182 Å². The van der Waals surface area contributed by atoms with E-state index in [1.165, 1.54) is 7.11 Å². The van der Waals surface area contributed by atoms with Gasteiger partial charge in [-0.05, 0) is 49.2 Å². The number of aromatic nitrogens is 1. The first-order valence-electron chi connectivity index (χ1n) is 8.84. The molecular formula is C21H18Cl2N2O5. The van der Waals surface area contributed by atoms with Crippen LogP contribution in [0, 0.1) is 13.8 Å². The average molecular weight is 449 g/mol. The third kappa shape index (κ3) is 4.58. The van der Waals surface area contributed by atoms with Crippen LogP contribution in [-0.4, -0.2) is 30.7 Å². The van der Waals surface area contributed by atoms with Gasteiger partial charge in [-0.3, -0.25) is 10.1 Å². The van der Waals surface area contributed by atoms with Crippen molar-refractivity contribution in [3.63, 3.8) is 0 Å². The number of nitrogens with one attached hydrogen (secondary N) is 1. The van der Waals surface area contributed by atoms with Crippen LogP contribution in [0.2, 0.25) is 10.0 Å². The SMILES string of the molecule is COC(=O)c1c(-c2c(Cl)cccc2Cl)noc1NC(=O)COc1ccc(C)c(C)c1. The van der Waals surface area contributed by atoms with Crippen LogP contribution in [0.25, 0.3) is 11.3 Å². The number of carbonyl (C=O) groups is 2. The number of nitrogens with zero attached hydrogens (tertiary/aromatic N) is 1. The fourth-order valence-corrected chi connectivity index (χ4v) is 3.25. The summed E-state index contributed by atoms with van der Waals surface area (Å²) < 4.78 is 15.5. The van der Waals surface area contributed by atoms with E-state index >= 15 is 0 Å². The number of halogens is 2. The molecule has 1 aromatic heterocycles. The Balaban J connectivity index is 1.83. The molecule has 0 saturated carbocycles. The summed E-state index contributed by atoms with van der Waals surface area (Å²) in [6, 6.07) is 10.3. The Morgan fingerprint density at radius 3 is 2.43 bits per heavy atom. The van der Waals surface area contributed by atoms with E-state index in [0.29, 0.717) is 5.75 Å². The Morgan fingerprint density at radius 2 is 1.80 bits per heavy atom. The molecule has 1 heterocycles. The van der Waals surface area contributed by atoms with Crippen molar-refractivity contribution in [2.24, 2.45) is 0 Å². The van der Waals surface area contributed by atoms with Gasteiger partial charge in [-0.1, -0.05) is 40.5 Å². The number of ether oxygens (including phenoxy) is 2. The predicted octanol–water partition coefficient (Wildman–Crippen LogP) is 5.07. The summed E-state index contributed by atoms with van der Waals surface area (Å²) >= 11 is 12.4. The molecule has 3 rings (SSSR count). The lowest BCUT2D eigenvalue weighted by molar-refractivity contribution is -0.118. The number of hydrogen-bond acceptors (Lipinski definition) is 6. The highest BCUT2D eigenvalue weighted by molar-refractivity contribution is 6.39. The maximum atomic E-state index is 12.4. The number of benzene rings is 2. The number of amides is 1. The predicted molar refractivity (Wildman–Crippen MR) is 113 cm³/mol. The normalized spacial score (nSPS) is 10.6. The van der Waals surface area contributed by atoms with Crippen LogP contribution in [0.3, 0.4) is 0 Å². The molecule has 1 amide bonds. The van der Waals surface area contributed by atoms with Crippen molar-refractivity contribution >= 4 is 41.0 Å². The lowest BCUT2D eigenvalue weighted by Gasteiger charge is -2.09. The van der Waals surface area contributed by atoms with E-state index in [1.54, 1.807) is 24.3 Å². The van der Waals surface area contributed by atoms with Crippen molar-refractivity contribution in [1.82, 2.24) is 5.16 Å². The maximum Gasteiger partial charge on any atom is 0.345 e. The zero-order chi connectivity index (χ0) is 21.8. The van der Waals surface area contributed by atoms with Gasteiger partial charge in [-0.25, -0.2) is 4.79 Å². The van der Waals surface area contributed by atoms with Gasteiger partial charge in [0.25, 0.3) is 5.91 Å². The number of methoxy groups -OCH3 is 1.